The number of carbonyl (C=O) groups excluding carboxylic acids is 2. The smallest absolute Gasteiger partial charge is 0.315 e. The van der Waals surface area contributed by atoms with Gasteiger partial charge in [0.2, 0.25) is 5.91 Å². The second kappa shape index (κ2) is 5.59. The van der Waals surface area contributed by atoms with E-state index >= 15 is 0 Å². The van der Waals surface area contributed by atoms with Crippen molar-refractivity contribution in [2.75, 3.05) is 5.75 Å². The van der Waals surface area contributed by atoms with E-state index in [4.69, 9.17) is 5.84 Å². The maximum absolute atomic E-state index is 11.2. The van der Waals surface area contributed by atoms with Gasteiger partial charge in [-0.05, 0) is 12.8 Å². The molecule has 0 spiro atoms. The number of nitrogens with two attached hydrogens (primary N) is 1. The Hall–Kier alpha value is -0.950. The third kappa shape index (κ3) is 3.04. The van der Waals surface area contributed by atoms with Crippen LogP contribution in [0.3, 0.4) is 0 Å². The lowest BCUT2D eigenvalue weighted by Crippen LogP contribution is -2.36. The molecule has 3 amide bonds. The van der Waals surface area contributed by atoms with Gasteiger partial charge in [-0.1, -0.05) is 6.42 Å². The first-order valence-corrected chi connectivity index (χ1v) is 6.93. The van der Waals surface area contributed by atoms with Gasteiger partial charge in [0.15, 0.2) is 0 Å². The topological polar surface area (TPSA) is 96.2 Å². The van der Waals surface area contributed by atoms with E-state index in [9.17, 15) is 9.59 Å². The monoisotopic (exact) mass is 258 g/mol. The number of nitrogens with one attached hydrogen (secondary N) is 3. The van der Waals surface area contributed by atoms with Crippen LogP contribution in [0.25, 0.3) is 0 Å². The summed E-state index contributed by atoms with van der Waals surface area (Å²) in [4.78, 5) is 22.1. The van der Waals surface area contributed by atoms with E-state index in [0.717, 1.165) is 25.0 Å². The van der Waals surface area contributed by atoms with Crippen LogP contribution < -0.4 is 21.9 Å². The summed E-state index contributed by atoms with van der Waals surface area (Å²) in [5.74, 6) is 5.87. The molecule has 0 radical (unpaired) electrons. The SMILES string of the molecule is NNC(=O)CCCC[C@H]1SC[C@H]2NC(=O)N[C@@H]21. The number of hydrogen-bond donors (Lipinski definition) is 4. The zero-order valence-electron chi connectivity index (χ0n) is 9.57. The van der Waals surface area contributed by atoms with E-state index in [1.165, 1.54) is 0 Å². The molecule has 3 atom stereocenters. The number of urea groups is 1. The van der Waals surface area contributed by atoms with Crippen molar-refractivity contribution in [3.63, 3.8) is 0 Å². The average Bonchev–Trinajstić information content (AvgIpc) is 2.84. The first-order valence-electron chi connectivity index (χ1n) is 5.89. The zero-order chi connectivity index (χ0) is 12.3. The quantitative estimate of drug-likeness (QED) is 0.179. The molecule has 0 aliphatic carbocycles. The van der Waals surface area contributed by atoms with Gasteiger partial charge in [0.1, 0.15) is 0 Å². The van der Waals surface area contributed by atoms with Crippen molar-refractivity contribution in [2.45, 2.75) is 43.0 Å². The standard InChI is InChI=1S/C10H18N4O2S/c11-14-8(15)4-2-1-3-7-9-6(5-17-7)12-10(16)13-9/h6-7,9H,1-5,11H2,(H,14,15)(H2,12,13,16)/t6-,7-,9+/m1/s1. The summed E-state index contributed by atoms with van der Waals surface area (Å²) in [7, 11) is 0. The lowest BCUT2D eigenvalue weighted by molar-refractivity contribution is -0.121. The summed E-state index contributed by atoms with van der Waals surface area (Å²) in [5.41, 5.74) is 2.13. The molecule has 2 aliphatic heterocycles. The fourth-order valence-corrected chi connectivity index (χ4v) is 3.89. The largest absolute Gasteiger partial charge is 0.332 e. The highest BCUT2D eigenvalue weighted by Gasteiger charge is 2.42. The van der Waals surface area contributed by atoms with Gasteiger partial charge in [0, 0.05) is 17.4 Å². The summed E-state index contributed by atoms with van der Waals surface area (Å²) in [5, 5.41) is 6.34. The molecule has 5 N–H and O–H groups in total. The van der Waals surface area contributed by atoms with Gasteiger partial charge in [-0.2, -0.15) is 11.8 Å². The van der Waals surface area contributed by atoms with Crippen LogP contribution in [0.4, 0.5) is 4.79 Å². The minimum absolute atomic E-state index is 0.0483. The maximum atomic E-state index is 11.2. The van der Waals surface area contributed by atoms with E-state index < -0.39 is 0 Å². The Morgan fingerprint density at radius 1 is 1.47 bits per heavy atom. The summed E-state index contributed by atoms with van der Waals surface area (Å²) in [6.45, 7) is 0. The molecule has 0 aromatic heterocycles. The van der Waals surface area contributed by atoms with E-state index in [0.29, 0.717) is 11.7 Å². The van der Waals surface area contributed by atoms with Crippen molar-refractivity contribution in [2.24, 2.45) is 5.84 Å². The molecule has 0 aromatic rings. The van der Waals surface area contributed by atoms with Gasteiger partial charge in [-0.3, -0.25) is 10.2 Å². The van der Waals surface area contributed by atoms with Crippen molar-refractivity contribution in [1.82, 2.24) is 16.1 Å². The molecule has 0 aromatic carbocycles. The number of thioether (sulfide) groups is 1. The Bertz CT molecular complexity index is 313. The molecule has 2 heterocycles. The highest BCUT2D eigenvalue weighted by molar-refractivity contribution is 8.00. The van der Waals surface area contributed by atoms with Gasteiger partial charge >= 0.3 is 6.03 Å². The molecule has 96 valence electrons. The van der Waals surface area contributed by atoms with Crippen LogP contribution in [0.5, 0.6) is 0 Å². The van der Waals surface area contributed by atoms with Crippen LogP contribution in [0, 0.1) is 0 Å². The third-order valence-electron chi connectivity index (χ3n) is 3.24. The van der Waals surface area contributed by atoms with Gasteiger partial charge in [-0.15, -0.1) is 0 Å². The third-order valence-corrected chi connectivity index (χ3v) is 4.75. The molecule has 0 unspecified atom stereocenters. The first-order chi connectivity index (χ1) is 8.20. The summed E-state index contributed by atoms with van der Waals surface area (Å²) in [6.07, 6.45) is 3.35. The van der Waals surface area contributed by atoms with E-state index in [-0.39, 0.29) is 24.0 Å². The Morgan fingerprint density at radius 3 is 3.06 bits per heavy atom. The van der Waals surface area contributed by atoms with E-state index in [1.807, 2.05) is 11.8 Å². The van der Waals surface area contributed by atoms with Crippen LogP contribution in [-0.4, -0.2) is 35.0 Å². The van der Waals surface area contributed by atoms with Crippen LogP contribution in [0.2, 0.25) is 0 Å². The van der Waals surface area contributed by atoms with Crippen LogP contribution in [0.1, 0.15) is 25.7 Å². The molecule has 2 fully saturated rings. The lowest BCUT2D eigenvalue weighted by Gasteiger charge is -2.16. The highest BCUT2D eigenvalue weighted by atomic mass is 32.2. The molecular weight excluding hydrogens is 240 g/mol. The molecule has 6 nitrogen and oxygen atoms in total. The van der Waals surface area contributed by atoms with Crippen LogP contribution >= 0.6 is 11.8 Å². The number of unbranched alkanes of at least 4 members (excludes halogenated alkanes) is 1. The van der Waals surface area contributed by atoms with Crippen molar-refractivity contribution in [3.05, 3.63) is 0 Å². The van der Waals surface area contributed by atoms with Gasteiger partial charge in [0.05, 0.1) is 12.1 Å². The number of carbonyl (C=O) groups is 2. The number of amides is 3. The Labute approximate surface area is 104 Å². The highest BCUT2D eigenvalue weighted by Crippen LogP contribution is 2.33. The minimum atomic E-state index is -0.113. The molecule has 0 saturated carbocycles. The predicted molar refractivity (Wildman–Crippen MR) is 66.3 cm³/mol. The second-order valence-corrected chi connectivity index (χ2v) is 5.71. The number of rotatable bonds is 5. The molecule has 2 saturated heterocycles. The van der Waals surface area contributed by atoms with Crippen molar-refractivity contribution in [3.8, 4) is 0 Å². The van der Waals surface area contributed by atoms with Crippen molar-refractivity contribution < 1.29 is 9.59 Å². The number of hydrazine groups is 1. The predicted octanol–water partition coefficient (Wildman–Crippen LogP) is -0.298. The minimum Gasteiger partial charge on any atom is -0.332 e. The lowest BCUT2D eigenvalue weighted by atomic mass is 10.0. The molecule has 2 aliphatic rings. The number of fused-ring (bicyclic) bond motifs is 1. The summed E-state index contributed by atoms with van der Waals surface area (Å²) >= 11 is 1.90. The Morgan fingerprint density at radius 2 is 2.29 bits per heavy atom. The maximum Gasteiger partial charge on any atom is 0.315 e. The van der Waals surface area contributed by atoms with E-state index in [1.54, 1.807) is 0 Å². The molecular formula is C10H18N4O2S. The number of hydrogen-bond acceptors (Lipinski definition) is 4. The second-order valence-electron chi connectivity index (χ2n) is 4.44. The normalized spacial score (nSPS) is 30.6. The van der Waals surface area contributed by atoms with Crippen molar-refractivity contribution in [1.29, 1.82) is 0 Å². The van der Waals surface area contributed by atoms with Crippen LogP contribution in [-0.2, 0) is 4.79 Å². The van der Waals surface area contributed by atoms with Gasteiger partial charge < -0.3 is 10.6 Å². The first kappa shape index (κ1) is 12.5. The van der Waals surface area contributed by atoms with Crippen LogP contribution in [0.15, 0.2) is 0 Å². The Balaban J connectivity index is 1.66. The zero-order valence-corrected chi connectivity index (χ0v) is 10.4. The van der Waals surface area contributed by atoms with Gasteiger partial charge in [-0.25, -0.2) is 10.6 Å². The van der Waals surface area contributed by atoms with E-state index in [2.05, 4.69) is 16.1 Å². The van der Waals surface area contributed by atoms with Crippen molar-refractivity contribution >= 4 is 23.7 Å². The molecule has 7 heteroatoms. The summed E-state index contributed by atoms with van der Waals surface area (Å²) in [6, 6.07) is 0.494. The molecule has 2 rings (SSSR count). The van der Waals surface area contributed by atoms with Gasteiger partial charge in [0.25, 0.3) is 0 Å². The molecule has 17 heavy (non-hydrogen) atoms. The average molecular weight is 258 g/mol. The fourth-order valence-electron chi connectivity index (χ4n) is 2.35. The molecule has 0 bridgehead atoms. The fraction of sp³-hybridized carbons (Fsp3) is 0.800. The Kier molecular flexibility index (Phi) is 4.11. The summed E-state index contributed by atoms with van der Waals surface area (Å²) < 4.78 is 0.